The Hall–Kier alpha value is -4.13. The molecule has 11 heteroatoms. The Labute approximate surface area is 202 Å². The van der Waals surface area contributed by atoms with Crippen molar-refractivity contribution in [1.82, 2.24) is 15.0 Å². The first kappa shape index (κ1) is 22.1. The molecule has 0 atom stereocenters. The van der Waals surface area contributed by atoms with Crippen LogP contribution in [0.25, 0.3) is 0 Å². The molecule has 0 radical (unpaired) electrons. The molecule has 3 aromatic carbocycles. The van der Waals surface area contributed by atoms with Crippen LogP contribution in [-0.4, -0.2) is 26.1 Å². The monoisotopic (exact) mass is 552 g/mol. The summed E-state index contributed by atoms with van der Waals surface area (Å²) >= 11 is 2.24. The third-order valence-corrected chi connectivity index (χ3v) is 4.97. The summed E-state index contributed by atoms with van der Waals surface area (Å²) in [5, 5.41) is 21.2. The molecule has 0 spiro atoms. The average Bonchev–Trinajstić information content (AvgIpc) is 2.81. The van der Waals surface area contributed by atoms with Crippen LogP contribution in [0.1, 0.15) is 5.56 Å². The molecule has 33 heavy (non-hydrogen) atoms. The lowest BCUT2D eigenvalue weighted by Crippen LogP contribution is -2.07. The Morgan fingerprint density at radius 3 is 1.97 bits per heavy atom. The normalized spacial score (nSPS) is 10.7. The highest BCUT2D eigenvalue weighted by Crippen LogP contribution is 2.21. The molecule has 0 bridgehead atoms. The molecule has 0 aliphatic rings. The van der Waals surface area contributed by atoms with Crippen LogP contribution in [0.5, 0.6) is 0 Å². The van der Waals surface area contributed by atoms with E-state index in [-0.39, 0.29) is 17.6 Å². The van der Waals surface area contributed by atoms with Gasteiger partial charge in [-0.15, -0.1) is 0 Å². The van der Waals surface area contributed by atoms with E-state index in [1.807, 2.05) is 54.6 Å². The number of rotatable bonds is 8. The Balaban J connectivity index is 1.56. The zero-order valence-electron chi connectivity index (χ0n) is 17.0. The molecule has 0 saturated heterocycles. The quantitative estimate of drug-likeness (QED) is 0.116. The van der Waals surface area contributed by atoms with Gasteiger partial charge in [-0.2, -0.15) is 20.1 Å². The van der Waals surface area contributed by atoms with Gasteiger partial charge in [0.1, 0.15) is 0 Å². The predicted molar refractivity (Wildman–Crippen MR) is 136 cm³/mol. The number of non-ortho nitro benzene ring substituents is 1. The van der Waals surface area contributed by atoms with Gasteiger partial charge in [0, 0.05) is 27.1 Å². The number of nitrogens with one attached hydrogen (secondary N) is 3. The van der Waals surface area contributed by atoms with Crippen molar-refractivity contribution >= 4 is 63.7 Å². The van der Waals surface area contributed by atoms with Crippen molar-refractivity contribution in [2.24, 2.45) is 5.10 Å². The summed E-state index contributed by atoms with van der Waals surface area (Å²) < 4.78 is 1.13. The second-order valence-corrected chi connectivity index (χ2v) is 7.89. The topological polar surface area (TPSA) is 130 Å². The van der Waals surface area contributed by atoms with Gasteiger partial charge in [-0.3, -0.25) is 10.1 Å². The molecule has 0 fully saturated rings. The second-order valence-electron chi connectivity index (χ2n) is 6.65. The Kier molecular flexibility index (Phi) is 6.99. The van der Waals surface area contributed by atoms with E-state index in [9.17, 15) is 10.1 Å². The van der Waals surface area contributed by atoms with Gasteiger partial charge in [0.15, 0.2) is 0 Å². The van der Waals surface area contributed by atoms with E-state index < -0.39 is 4.92 Å². The minimum Gasteiger partial charge on any atom is -0.324 e. The molecule has 0 amide bonds. The first-order valence-electron chi connectivity index (χ1n) is 9.69. The standard InChI is InChI=1S/C22H17IN8O2/c23-16-8-6-15(7-9-16)14-24-30-22-28-20(25-17-4-2-1-3-5-17)27-21(29-22)26-18-10-12-19(13-11-18)31(32)33/h1-14H,(H3,25,26,27,28,29,30). The predicted octanol–water partition coefficient (Wildman–Crippen LogP) is 5.32. The van der Waals surface area contributed by atoms with Crippen molar-refractivity contribution in [2.75, 3.05) is 16.1 Å². The summed E-state index contributed by atoms with van der Waals surface area (Å²) in [5.74, 6) is 0.756. The number of nitro groups is 1. The van der Waals surface area contributed by atoms with Gasteiger partial charge in [0.2, 0.25) is 17.8 Å². The molecule has 4 rings (SSSR count). The maximum atomic E-state index is 10.9. The van der Waals surface area contributed by atoms with Crippen LogP contribution in [0.2, 0.25) is 0 Å². The third kappa shape index (κ3) is 6.43. The summed E-state index contributed by atoms with van der Waals surface area (Å²) in [5.41, 5.74) is 5.13. The van der Waals surface area contributed by atoms with E-state index in [2.05, 4.69) is 58.7 Å². The van der Waals surface area contributed by atoms with E-state index in [0.717, 1.165) is 14.8 Å². The summed E-state index contributed by atoms with van der Waals surface area (Å²) in [4.78, 5) is 23.5. The molecule has 0 saturated carbocycles. The van der Waals surface area contributed by atoms with E-state index in [1.54, 1.807) is 18.3 Å². The summed E-state index contributed by atoms with van der Waals surface area (Å²) in [7, 11) is 0. The molecular formula is C22H17IN8O2. The van der Waals surface area contributed by atoms with Crippen LogP contribution in [-0.2, 0) is 0 Å². The number of nitrogens with zero attached hydrogens (tertiary/aromatic N) is 5. The fourth-order valence-electron chi connectivity index (χ4n) is 2.70. The molecule has 1 aromatic heterocycles. The molecule has 4 aromatic rings. The molecular weight excluding hydrogens is 535 g/mol. The fourth-order valence-corrected chi connectivity index (χ4v) is 3.06. The van der Waals surface area contributed by atoms with Crippen LogP contribution < -0.4 is 16.1 Å². The fraction of sp³-hybridized carbons (Fsp3) is 0. The SMILES string of the molecule is O=[N+]([O-])c1ccc(Nc2nc(NN=Cc3ccc(I)cc3)nc(Nc3ccccc3)n2)cc1. The number of anilines is 5. The number of nitro benzene ring substituents is 1. The van der Waals surface area contributed by atoms with E-state index in [4.69, 9.17) is 0 Å². The lowest BCUT2D eigenvalue weighted by atomic mass is 10.2. The first-order chi connectivity index (χ1) is 16.0. The average molecular weight is 552 g/mol. The minimum atomic E-state index is -0.456. The zero-order chi connectivity index (χ0) is 23.0. The van der Waals surface area contributed by atoms with Crippen LogP contribution in [0.3, 0.4) is 0 Å². The van der Waals surface area contributed by atoms with Crippen LogP contribution in [0.4, 0.5) is 34.9 Å². The van der Waals surface area contributed by atoms with E-state index in [0.29, 0.717) is 11.6 Å². The smallest absolute Gasteiger partial charge is 0.269 e. The Morgan fingerprint density at radius 2 is 1.36 bits per heavy atom. The summed E-state index contributed by atoms with van der Waals surface area (Å²) in [6.07, 6.45) is 1.66. The zero-order valence-corrected chi connectivity index (χ0v) is 19.2. The van der Waals surface area contributed by atoms with Gasteiger partial charge in [0.25, 0.3) is 5.69 Å². The number of halogens is 1. The molecule has 0 aliphatic heterocycles. The summed E-state index contributed by atoms with van der Waals surface area (Å²) in [6.45, 7) is 0. The van der Waals surface area contributed by atoms with Crippen molar-refractivity contribution < 1.29 is 4.92 Å². The third-order valence-electron chi connectivity index (χ3n) is 4.25. The molecule has 0 aliphatic carbocycles. The highest BCUT2D eigenvalue weighted by Gasteiger charge is 2.09. The number of para-hydroxylation sites is 1. The van der Waals surface area contributed by atoms with Crippen LogP contribution in [0, 0.1) is 13.7 Å². The van der Waals surface area contributed by atoms with Crippen LogP contribution in [0.15, 0.2) is 84.0 Å². The number of aromatic nitrogens is 3. The molecule has 0 unspecified atom stereocenters. The Bertz CT molecular complexity index is 1270. The van der Waals surface area contributed by atoms with Gasteiger partial charge >= 0.3 is 0 Å². The van der Waals surface area contributed by atoms with Crippen LogP contribution >= 0.6 is 22.6 Å². The van der Waals surface area contributed by atoms with Gasteiger partial charge in [-0.1, -0.05) is 30.3 Å². The molecule has 164 valence electrons. The molecule has 10 nitrogen and oxygen atoms in total. The number of hydrazone groups is 1. The van der Waals surface area contributed by atoms with Crippen molar-refractivity contribution in [3.63, 3.8) is 0 Å². The van der Waals surface area contributed by atoms with E-state index in [1.165, 1.54) is 12.1 Å². The number of hydrogen-bond donors (Lipinski definition) is 3. The first-order valence-corrected chi connectivity index (χ1v) is 10.8. The maximum Gasteiger partial charge on any atom is 0.269 e. The Morgan fingerprint density at radius 1 is 0.788 bits per heavy atom. The lowest BCUT2D eigenvalue weighted by molar-refractivity contribution is -0.384. The highest BCUT2D eigenvalue weighted by atomic mass is 127. The largest absolute Gasteiger partial charge is 0.324 e. The minimum absolute atomic E-state index is 0.00470. The number of hydrogen-bond acceptors (Lipinski definition) is 9. The van der Waals surface area contributed by atoms with Gasteiger partial charge in [-0.25, -0.2) is 5.43 Å². The number of benzene rings is 3. The maximum absolute atomic E-state index is 10.9. The lowest BCUT2D eigenvalue weighted by Gasteiger charge is -2.10. The van der Waals surface area contributed by atoms with Crippen molar-refractivity contribution in [2.45, 2.75) is 0 Å². The molecule has 3 N–H and O–H groups in total. The van der Waals surface area contributed by atoms with Gasteiger partial charge in [-0.05, 0) is 64.6 Å². The van der Waals surface area contributed by atoms with Crippen molar-refractivity contribution in [3.8, 4) is 0 Å². The van der Waals surface area contributed by atoms with E-state index >= 15 is 0 Å². The molecule has 1 heterocycles. The van der Waals surface area contributed by atoms with Gasteiger partial charge in [0.05, 0.1) is 11.1 Å². The van der Waals surface area contributed by atoms with Gasteiger partial charge < -0.3 is 10.6 Å². The second kappa shape index (κ2) is 10.5. The van der Waals surface area contributed by atoms with Crippen molar-refractivity contribution in [3.05, 3.63) is 98.1 Å². The van der Waals surface area contributed by atoms with Crippen molar-refractivity contribution in [1.29, 1.82) is 0 Å². The summed E-state index contributed by atoms with van der Waals surface area (Å²) in [6, 6.07) is 23.3. The highest BCUT2D eigenvalue weighted by molar-refractivity contribution is 14.1.